The molecule has 0 aromatic heterocycles. The van der Waals surface area contributed by atoms with Gasteiger partial charge in [-0.3, -0.25) is 4.99 Å². The third kappa shape index (κ3) is 1.40. The van der Waals surface area contributed by atoms with Gasteiger partial charge in [0, 0.05) is 6.54 Å². The van der Waals surface area contributed by atoms with Crippen LogP contribution in [0.25, 0.3) is 0 Å². The summed E-state index contributed by atoms with van der Waals surface area (Å²) in [6.45, 7) is 1.99. The fraction of sp³-hybridized carbons (Fsp3) is 0.667. The van der Waals surface area contributed by atoms with Gasteiger partial charge in [-0.2, -0.15) is 0 Å². The maximum Gasteiger partial charge on any atom is 0.0825 e. The Labute approximate surface area is 47.4 Å². The maximum absolute atomic E-state index is 3.85. The van der Waals surface area contributed by atoms with E-state index in [0.29, 0.717) is 0 Å². The molecule has 0 fully saturated rings. The molecule has 2 nitrogen and oxygen atoms in total. The smallest absolute Gasteiger partial charge is 0.0825 e. The van der Waals surface area contributed by atoms with Crippen molar-refractivity contribution in [2.24, 2.45) is 4.99 Å². The first-order valence-electron chi connectivity index (χ1n) is 1.72. The largest absolute Gasteiger partial charge is 0.375 e. The normalized spacial score (nSPS) is 16.0. The predicted octanol–water partition coefficient (Wildman–Crippen LogP) is 0.196. The standard InChI is InChI=1S/C3H6N2.BrH/c1-2-5-3-4-1;/h3H,1-2H2,(H,4,5);1H. The lowest BCUT2D eigenvalue weighted by Gasteiger charge is -1.75. The van der Waals surface area contributed by atoms with Gasteiger partial charge < -0.3 is 5.32 Å². The molecule has 0 amide bonds. The Hall–Kier alpha value is -0.0500. The van der Waals surface area contributed by atoms with E-state index in [0.717, 1.165) is 13.1 Å². The molecule has 0 aromatic rings. The Kier molecular flexibility index (Phi) is 3.13. The minimum absolute atomic E-state index is 0. The summed E-state index contributed by atoms with van der Waals surface area (Å²) in [7, 11) is 0. The first-order valence-corrected chi connectivity index (χ1v) is 1.72. The number of hydrogen-bond acceptors (Lipinski definition) is 2. The molecule has 0 saturated carbocycles. The zero-order chi connectivity index (χ0) is 3.54. The number of halogens is 1. The highest BCUT2D eigenvalue weighted by molar-refractivity contribution is 8.93. The topological polar surface area (TPSA) is 24.4 Å². The summed E-state index contributed by atoms with van der Waals surface area (Å²) in [6, 6.07) is 0. The predicted molar refractivity (Wildman–Crippen MR) is 31.7 cm³/mol. The molecule has 1 heterocycles. The molecule has 0 aliphatic carbocycles. The van der Waals surface area contributed by atoms with Gasteiger partial charge in [0.05, 0.1) is 12.9 Å². The Balaban J connectivity index is 0.000000250. The molecule has 0 radical (unpaired) electrons. The van der Waals surface area contributed by atoms with Gasteiger partial charge in [0.25, 0.3) is 0 Å². The molecule has 0 saturated heterocycles. The second-order valence-electron chi connectivity index (χ2n) is 0.989. The van der Waals surface area contributed by atoms with Crippen LogP contribution in [0, 0.1) is 0 Å². The minimum Gasteiger partial charge on any atom is -0.375 e. The van der Waals surface area contributed by atoms with Gasteiger partial charge in [-0.1, -0.05) is 0 Å². The zero-order valence-corrected chi connectivity index (χ0v) is 5.06. The number of aliphatic imine (C=N–C) groups is 1. The molecule has 0 unspecified atom stereocenters. The second-order valence-corrected chi connectivity index (χ2v) is 0.989. The molecule has 1 rings (SSSR count). The van der Waals surface area contributed by atoms with Crippen LogP contribution in [0.5, 0.6) is 0 Å². The lowest BCUT2D eigenvalue weighted by molar-refractivity contribution is 0.965. The molecule has 1 N–H and O–H groups in total. The van der Waals surface area contributed by atoms with Crippen molar-refractivity contribution in [3.8, 4) is 0 Å². The minimum atomic E-state index is 0. The third-order valence-corrected chi connectivity index (χ3v) is 0.568. The summed E-state index contributed by atoms with van der Waals surface area (Å²) in [5, 5.41) is 2.93. The van der Waals surface area contributed by atoms with Crippen molar-refractivity contribution in [3.05, 3.63) is 0 Å². The van der Waals surface area contributed by atoms with Gasteiger partial charge in [0.2, 0.25) is 0 Å². The number of nitrogens with one attached hydrogen (secondary N) is 1. The monoisotopic (exact) mass is 150 g/mol. The van der Waals surface area contributed by atoms with Crippen LogP contribution in [-0.4, -0.2) is 19.4 Å². The van der Waals surface area contributed by atoms with Crippen molar-refractivity contribution in [2.75, 3.05) is 13.1 Å². The molecule has 0 bridgehead atoms. The van der Waals surface area contributed by atoms with Crippen molar-refractivity contribution in [3.63, 3.8) is 0 Å². The fourth-order valence-electron chi connectivity index (χ4n) is 0.323. The van der Waals surface area contributed by atoms with Crippen LogP contribution in [0.15, 0.2) is 4.99 Å². The van der Waals surface area contributed by atoms with Gasteiger partial charge in [0.1, 0.15) is 0 Å². The zero-order valence-electron chi connectivity index (χ0n) is 3.35. The SMILES string of the molecule is Br.C1=NCCN1. The molecular formula is C3H7BrN2. The van der Waals surface area contributed by atoms with Gasteiger partial charge in [-0.15, -0.1) is 17.0 Å². The van der Waals surface area contributed by atoms with Crippen molar-refractivity contribution < 1.29 is 0 Å². The first kappa shape index (κ1) is 5.95. The molecule has 0 atom stereocenters. The molecule has 1 aliphatic heterocycles. The van der Waals surface area contributed by atoms with E-state index in [9.17, 15) is 0 Å². The lowest BCUT2D eigenvalue weighted by Crippen LogP contribution is -2.04. The molecule has 36 valence electrons. The molecule has 6 heavy (non-hydrogen) atoms. The fourth-order valence-corrected chi connectivity index (χ4v) is 0.323. The van der Waals surface area contributed by atoms with Crippen LogP contribution in [0.2, 0.25) is 0 Å². The average molecular weight is 151 g/mol. The molecule has 0 aromatic carbocycles. The van der Waals surface area contributed by atoms with Crippen LogP contribution in [0.1, 0.15) is 0 Å². The van der Waals surface area contributed by atoms with Crippen molar-refractivity contribution in [2.45, 2.75) is 0 Å². The van der Waals surface area contributed by atoms with E-state index in [2.05, 4.69) is 10.3 Å². The number of hydrogen-bond donors (Lipinski definition) is 1. The summed E-state index contributed by atoms with van der Waals surface area (Å²) < 4.78 is 0. The highest BCUT2D eigenvalue weighted by Gasteiger charge is 1.82. The Morgan fingerprint density at radius 1 is 1.67 bits per heavy atom. The molecule has 3 heteroatoms. The van der Waals surface area contributed by atoms with Crippen molar-refractivity contribution >= 4 is 23.3 Å². The summed E-state index contributed by atoms with van der Waals surface area (Å²) in [6.07, 6.45) is 1.74. The second kappa shape index (κ2) is 3.15. The van der Waals surface area contributed by atoms with Gasteiger partial charge >= 0.3 is 0 Å². The highest BCUT2D eigenvalue weighted by atomic mass is 79.9. The van der Waals surface area contributed by atoms with E-state index in [1.807, 2.05) is 0 Å². The van der Waals surface area contributed by atoms with Crippen LogP contribution >= 0.6 is 17.0 Å². The van der Waals surface area contributed by atoms with E-state index in [4.69, 9.17) is 0 Å². The first-order chi connectivity index (χ1) is 2.50. The van der Waals surface area contributed by atoms with E-state index >= 15 is 0 Å². The van der Waals surface area contributed by atoms with Crippen LogP contribution < -0.4 is 5.32 Å². The van der Waals surface area contributed by atoms with E-state index < -0.39 is 0 Å². The Bertz CT molecular complexity index is 46.8. The Morgan fingerprint density at radius 2 is 2.50 bits per heavy atom. The van der Waals surface area contributed by atoms with Crippen LogP contribution in [0.3, 0.4) is 0 Å². The lowest BCUT2D eigenvalue weighted by atomic mass is 10.7. The van der Waals surface area contributed by atoms with Crippen molar-refractivity contribution in [1.29, 1.82) is 0 Å². The number of nitrogens with zero attached hydrogens (tertiary/aromatic N) is 1. The van der Waals surface area contributed by atoms with Crippen LogP contribution in [0.4, 0.5) is 0 Å². The molecule has 1 aliphatic rings. The maximum atomic E-state index is 3.85. The van der Waals surface area contributed by atoms with E-state index in [1.54, 1.807) is 6.34 Å². The Morgan fingerprint density at radius 3 is 2.67 bits per heavy atom. The summed E-state index contributed by atoms with van der Waals surface area (Å²) in [5.41, 5.74) is 0. The highest BCUT2D eigenvalue weighted by Crippen LogP contribution is 1.68. The molecular weight excluding hydrogens is 144 g/mol. The van der Waals surface area contributed by atoms with Gasteiger partial charge in [0.15, 0.2) is 0 Å². The molecule has 0 spiro atoms. The average Bonchev–Trinajstić information content (AvgIpc) is 1.76. The van der Waals surface area contributed by atoms with Gasteiger partial charge in [-0.05, 0) is 0 Å². The quantitative estimate of drug-likeness (QED) is 0.525. The summed E-state index contributed by atoms with van der Waals surface area (Å²) in [5.74, 6) is 0. The van der Waals surface area contributed by atoms with Gasteiger partial charge in [-0.25, -0.2) is 0 Å². The summed E-state index contributed by atoms with van der Waals surface area (Å²) in [4.78, 5) is 3.85. The van der Waals surface area contributed by atoms with E-state index in [1.165, 1.54) is 0 Å². The van der Waals surface area contributed by atoms with Crippen molar-refractivity contribution in [1.82, 2.24) is 5.32 Å². The number of rotatable bonds is 0. The van der Waals surface area contributed by atoms with Crippen LogP contribution in [-0.2, 0) is 0 Å². The third-order valence-electron chi connectivity index (χ3n) is 0.568. The van der Waals surface area contributed by atoms with E-state index in [-0.39, 0.29) is 17.0 Å². The summed E-state index contributed by atoms with van der Waals surface area (Å²) >= 11 is 0.